The third-order valence-corrected chi connectivity index (χ3v) is 5.31. The van der Waals surface area contributed by atoms with E-state index >= 15 is 0 Å². The molecule has 1 saturated heterocycles. The molecule has 1 amide bonds. The van der Waals surface area contributed by atoms with E-state index in [2.05, 4.69) is 24.0 Å². The Morgan fingerprint density at radius 3 is 2.11 bits per heavy atom. The van der Waals surface area contributed by atoms with Crippen LogP contribution in [0, 0.1) is 0 Å². The van der Waals surface area contributed by atoms with Crippen LogP contribution in [0.25, 0.3) is 0 Å². The van der Waals surface area contributed by atoms with Gasteiger partial charge in [-0.2, -0.15) is 0 Å². The van der Waals surface area contributed by atoms with E-state index in [1.165, 1.54) is 0 Å². The maximum Gasteiger partial charge on any atom is 0.230 e. The summed E-state index contributed by atoms with van der Waals surface area (Å²) in [6.07, 6.45) is 1.88. The third-order valence-electron chi connectivity index (χ3n) is 5.31. The minimum Gasteiger partial charge on any atom is -0.368 e. The lowest BCUT2D eigenvalue weighted by Crippen LogP contribution is -2.50. The molecular weight excluding hydrogens is 336 g/mol. The number of ketones is 1. The Morgan fingerprint density at radius 2 is 1.56 bits per heavy atom. The highest BCUT2D eigenvalue weighted by Gasteiger charge is 2.28. The van der Waals surface area contributed by atoms with Gasteiger partial charge in [0.1, 0.15) is 0 Å². The second-order valence-electron chi connectivity index (χ2n) is 7.17. The van der Waals surface area contributed by atoms with Gasteiger partial charge in [-0.15, -0.1) is 0 Å². The SMILES string of the molecule is CCCC(C(=O)N1CCN(c2ccc(C(C)=O)cc2)CC1)c1ccccc1. The lowest BCUT2D eigenvalue weighted by atomic mass is 9.93. The Kier molecular flexibility index (Phi) is 6.28. The molecule has 0 spiro atoms. The zero-order valence-electron chi connectivity index (χ0n) is 16.2. The molecule has 1 unspecified atom stereocenters. The van der Waals surface area contributed by atoms with Crippen molar-refractivity contribution in [2.75, 3.05) is 31.1 Å². The van der Waals surface area contributed by atoms with Gasteiger partial charge in [0, 0.05) is 37.4 Å². The van der Waals surface area contributed by atoms with Gasteiger partial charge in [0.05, 0.1) is 5.92 Å². The van der Waals surface area contributed by atoms with Crippen molar-refractivity contribution in [1.29, 1.82) is 0 Å². The Balaban J connectivity index is 1.63. The van der Waals surface area contributed by atoms with Crippen molar-refractivity contribution in [3.63, 3.8) is 0 Å². The largest absolute Gasteiger partial charge is 0.368 e. The lowest BCUT2D eigenvalue weighted by Gasteiger charge is -2.37. The van der Waals surface area contributed by atoms with E-state index in [-0.39, 0.29) is 17.6 Å². The van der Waals surface area contributed by atoms with E-state index in [4.69, 9.17) is 0 Å². The van der Waals surface area contributed by atoms with E-state index in [0.29, 0.717) is 0 Å². The maximum atomic E-state index is 13.1. The molecule has 0 aromatic heterocycles. The molecule has 0 radical (unpaired) electrons. The summed E-state index contributed by atoms with van der Waals surface area (Å²) < 4.78 is 0. The van der Waals surface area contributed by atoms with Crippen LogP contribution in [0.5, 0.6) is 0 Å². The molecule has 142 valence electrons. The van der Waals surface area contributed by atoms with E-state index in [1.54, 1.807) is 6.92 Å². The Hall–Kier alpha value is -2.62. The first-order chi connectivity index (χ1) is 13.1. The number of nitrogens with zero attached hydrogens (tertiary/aromatic N) is 2. The third kappa shape index (κ3) is 4.57. The molecule has 0 saturated carbocycles. The highest BCUT2D eigenvalue weighted by atomic mass is 16.2. The van der Waals surface area contributed by atoms with Crippen LogP contribution in [0.15, 0.2) is 54.6 Å². The van der Waals surface area contributed by atoms with Crippen LogP contribution in [-0.2, 0) is 4.79 Å². The molecule has 1 heterocycles. The first kappa shape index (κ1) is 19.2. The van der Waals surface area contributed by atoms with Gasteiger partial charge in [0.2, 0.25) is 5.91 Å². The summed E-state index contributed by atoms with van der Waals surface area (Å²) in [5.41, 5.74) is 2.96. The highest BCUT2D eigenvalue weighted by Crippen LogP contribution is 2.25. The van der Waals surface area contributed by atoms with Crippen molar-refractivity contribution in [3.8, 4) is 0 Å². The van der Waals surface area contributed by atoms with Gasteiger partial charge in [0.15, 0.2) is 5.78 Å². The predicted molar refractivity (Wildman–Crippen MR) is 109 cm³/mol. The summed E-state index contributed by atoms with van der Waals surface area (Å²) >= 11 is 0. The number of benzene rings is 2. The summed E-state index contributed by atoms with van der Waals surface area (Å²) in [4.78, 5) is 28.8. The lowest BCUT2D eigenvalue weighted by molar-refractivity contribution is -0.133. The van der Waals surface area contributed by atoms with Gasteiger partial charge >= 0.3 is 0 Å². The minimum absolute atomic E-state index is 0.0439. The smallest absolute Gasteiger partial charge is 0.230 e. The average Bonchev–Trinajstić information content (AvgIpc) is 2.72. The zero-order valence-corrected chi connectivity index (χ0v) is 16.2. The monoisotopic (exact) mass is 364 g/mol. The average molecular weight is 364 g/mol. The molecular formula is C23H28N2O2. The zero-order chi connectivity index (χ0) is 19.2. The topological polar surface area (TPSA) is 40.6 Å². The van der Waals surface area contributed by atoms with Crippen molar-refractivity contribution in [3.05, 3.63) is 65.7 Å². The first-order valence-electron chi connectivity index (χ1n) is 9.80. The van der Waals surface area contributed by atoms with Gasteiger partial charge in [-0.3, -0.25) is 9.59 Å². The molecule has 3 rings (SSSR count). The van der Waals surface area contributed by atoms with Crippen molar-refractivity contribution in [2.24, 2.45) is 0 Å². The van der Waals surface area contributed by atoms with E-state index < -0.39 is 0 Å². The van der Waals surface area contributed by atoms with Gasteiger partial charge < -0.3 is 9.80 Å². The van der Waals surface area contributed by atoms with E-state index in [1.807, 2.05) is 47.4 Å². The quantitative estimate of drug-likeness (QED) is 0.724. The van der Waals surface area contributed by atoms with Crippen LogP contribution in [0.1, 0.15) is 48.5 Å². The Bertz CT molecular complexity index is 763. The number of hydrogen-bond donors (Lipinski definition) is 0. The number of rotatable bonds is 6. The molecule has 1 fully saturated rings. The molecule has 0 bridgehead atoms. The van der Waals surface area contributed by atoms with Crippen molar-refractivity contribution in [1.82, 2.24) is 4.90 Å². The number of carbonyl (C=O) groups is 2. The van der Waals surface area contributed by atoms with Crippen LogP contribution in [0.3, 0.4) is 0 Å². The number of piperazine rings is 1. The van der Waals surface area contributed by atoms with Crippen LogP contribution < -0.4 is 4.90 Å². The first-order valence-corrected chi connectivity index (χ1v) is 9.80. The normalized spacial score (nSPS) is 15.5. The molecule has 2 aromatic rings. The maximum absolute atomic E-state index is 13.1. The molecule has 4 nitrogen and oxygen atoms in total. The van der Waals surface area contributed by atoms with Crippen molar-refractivity contribution in [2.45, 2.75) is 32.6 Å². The molecule has 27 heavy (non-hydrogen) atoms. The molecule has 1 aliphatic heterocycles. The van der Waals surface area contributed by atoms with E-state index in [0.717, 1.165) is 55.8 Å². The Labute approximate surface area is 161 Å². The van der Waals surface area contributed by atoms with Crippen LogP contribution in [-0.4, -0.2) is 42.8 Å². The summed E-state index contributed by atoms with van der Waals surface area (Å²) in [6.45, 7) is 6.82. The summed E-state index contributed by atoms with van der Waals surface area (Å²) in [6, 6.07) is 17.9. The fourth-order valence-electron chi connectivity index (χ4n) is 3.72. The number of carbonyl (C=O) groups excluding carboxylic acids is 2. The molecule has 1 aliphatic rings. The molecule has 4 heteroatoms. The molecule has 2 aromatic carbocycles. The van der Waals surface area contributed by atoms with Crippen molar-refractivity contribution < 1.29 is 9.59 Å². The van der Waals surface area contributed by atoms with Crippen LogP contribution in [0.2, 0.25) is 0 Å². The highest BCUT2D eigenvalue weighted by molar-refractivity contribution is 5.94. The second-order valence-corrected chi connectivity index (χ2v) is 7.17. The summed E-state index contributed by atoms with van der Waals surface area (Å²) in [5, 5.41) is 0. The van der Waals surface area contributed by atoms with Crippen LogP contribution in [0.4, 0.5) is 5.69 Å². The number of amides is 1. The van der Waals surface area contributed by atoms with E-state index in [9.17, 15) is 9.59 Å². The van der Waals surface area contributed by atoms with Crippen molar-refractivity contribution >= 4 is 17.4 Å². The fourth-order valence-corrected chi connectivity index (χ4v) is 3.72. The van der Waals surface area contributed by atoms with Gasteiger partial charge in [-0.25, -0.2) is 0 Å². The molecule has 0 aliphatic carbocycles. The Morgan fingerprint density at radius 1 is 0.926 bits per heavy atom. The van der Waals surface area contributed by atoms with Crippen LogP contribution >= 0.6 is 0 Å². The van der Waals surface area contributed by atoms with Gasteiger partial charge in [-0.1, -0.05) is 43.7 Å². The standard InChI is InChI=1S/C23H28N2O2/c1-3-7-22(20-8-5-4-6-9-20)23(27)25-16-14-24(15-17-25)21-12-10-19(11-13-21)18(2)26/h4-6,8-13,22H,3,7,14-17H2,1-2H3. The predicted octanol–water partition coefficient (Wildman–Crippen LogP) is 4.12. The number of hydrogen-bond acceptors (Lipinski definition) is 3. The number of anilines is 1. The number of Topliss-reactive ketones (excluding diaryl/α,β-unsaturated/α-hetero) is 1. The fraction of sp³-hybridized carbons (Fsp3) is 0.391. The second kappa shape index (κ2) is 8.85. The molecule has 1 atom stereocenters. The summed E-state index contributed by atoms with van der Waals surface area (Å²) in [7, 11) is 0. The minimum atomic E-state index is -0.0439. The van der Waals surface area contributed by atoms with Gasteiger partial charge in [0.25, 0.3) is 0 Å². The molecule has 0 N–H and O–H groups in total. The summed E-state index contributed by atoms with van der Waals surface area (Å²) in [5.74, 6) is 0.284. The van der Waals surface area contributed by atoms with Gasteiger partial charge in [-0.05, 0) is 43.2 Å².